The smallest absolute Gasteiger partial charge is 0.407 e. The molecule has 1 saturated carbocycles. The molecule has 1 aliphatic carbocycles. The molecule has 2 rings (SSSR count). The molecule has 22 heavy (non-hydrogen) atoms. The van der Waals surface area contributed by atoms with Gasteiger partial charge in [-0.1, -0.05) is 35.0 Å². The van der Waals surface area contributed by atoms with Gasteiger partial charge in [0.25, 0.3) is 0 Å². The van der Waals surface area contributed by atoms with Gasteiger partial charge in [0.1, 0.15) is 5.60 Å². The zero-order valence-corrected chi connectivity index (χ0v) is 15.2. The van der Waals surface area contributed by atoms with Gasteiger partial charge in [-0.3, -0.25) is 0 Å². The van der Waals surface area contributed by atoms with Crippen LogP contribution in [0, 0.1) is 0 Å². The number of carbonyl (C=O) groups excluding carboxylic acids is 1. The van der Waals surface area contributed by atoms with Crippen LogP contribution in [0.25, 0.3) is 0 Å². The van der Waals surface area contributed by atoms with Crippen LogP contribution in [0.4, 0.5) is 4.79 Å². The van der Waals surface area contributed by atoms with Crippen molar-refractivity contribution < 1.29 is 9.53 Å². The van der Waals surface area contributed by atoms with Crippen LogP contribution in [-0.2, 0) is 4.74 Å². The summed E-state index contributed by atoms with van der Waals surface area (Å²) in [6.07, 6.45) is 1.62. The average molecular weight is 369 g/mol. The Kier molecular flexibility index (Phi) is 5.50. The Balaban J connectivity index is 1.84. The van der Waals surface area contributed by atoms with Crippen molar-refractivity contribution in [3.63, 3.8) is 0 Å². The minimum atomic E-state index is -0.454. The summed E-state index contributed by atoms with van der Waals surface area (Å²) in [5.41, 5.74) is 0.809. The SMILES string of the molecule is CCC(NC1CC1NC(=O)OC(C)(C)C)c1cccc(Br)c1. The maximum absolute atomic E-state index is 11.8. The summed E-state index contributed by atoms with van der Waals surface area (Å²) in [6.45, 7) is 7.78. The second-order valence-corrected chi connectivity index (χ2v) is 7.69. The molecule has 1 amide bonds. The molecule has 0 bridgehead atoms. The van der Waals surface area contributed by atoms with Crippen LogP contribution in [0.15, 0.2) is 28.7 Å². The fraction of sp³-hybridized carbons (Fsp3) is 0.588. The van der Waals surface area contributed by atoms with Gasteiger partial charge < -0.3 is 15.4 Å². The van der Waals surface area contributed by atoms with Crippen LogP contribution in [0.5, 0.6) is 0 Å². The minimum absolute atomic E-state index is 0.163. The highest BCUT2D eigenvalue weighted by atomic mass is 79.9. The highest BCUT2D eigenvalue weighted by Crippen LogP contribution is 2.28. The molecule has 2 N–H and O–H groups in total. The Labute approximate surface area is 141 Å². The molecule has 5 heteroatoms. The van der Waals surface area contributed by atoms with Gasteiger partial charge in [-0.2, -0.15) is 0 Å². The lowest BCUT2D eigenvalue weighted by Gasteiger charge is -2.20. The van der Waals surface area contributed by atoms with Gasteiger partial charge in [-0.15, -0.1) is 0 Å². The molecule has 1 fully saturated rings. The maximum Gasteiger partial charge on any atom is 0.407 e. The molecular weight excluding hydrogens is 344 g/mol. The molecule has 3 unspecified atom stereocenters. The van der Waals surface area contributed by atoms with Gasteiger partial charge in [0.05, 0.1) is 0 Å². The highest BCUT2D eigenvalue weighted by Gasteiger charge is 2.40. The molecular formula is C17H25BrN2O2. The average Bonchev–Trinajstić information content (AvgIpc) is 3.11. The fourth-order valence-corrected chi connectivity index (χ4v) is 2.85. The monoisotopic (exact) mass is 368 g/mol. The Bertz CT molecular complexity index is 528. The molecule has 4 nitrogen and oxygen atoms in total. The second-order valence-electron chi connectivity index (χ2n) is 6.78. The van der Waals surface area contributed by atoms with E-state index in [9.17, 15) is 4.79 Å². The minimum Gasteiger partial charge on any atom is -0.444 e. The van der Waals surface area contributed by atoms with E-state index in [1.54, 1.807) is 0 Å². The molecule has 1 aliphatic rings. The van der Waals surface area contributed by atoms with Crippen LogP contribution in [0.1, 0.15) is 52.1 Å². The molecule has 0 aromatic heterocycles. The predicted octanol–water partition coefficient (Wildman–Crippen LogP) is 4.16. The Morgan fingerprint density at radius 3 is 2.73 bits per heavy atom. The predicted molar refractivity (Wildman–Crippen MR) is 91.9 cm³/mol. The normalized spacial score (nSPS) is 22.0. The fourth-order valence-electron chi connectivity index (χ4n) is 2.43. The van der Waals surface area contributed by atoms with Gasteiger partial charge in [0.15, 0.2) is 0 Å². The number of hydrogen-bond donors (Lipinski definition) is 2. The summed E-state index contributed by atoms with van der Waals surface area (Å²) >= 11 is 3.51. The number of rotatable bonds is 5. The van der Waals surface area contributed by atoms with Crippen LogP contribution >= 0.6 is 15.9 Å². The van der Waals surface area contributed by atoms with Crippen LogP contribution in [0.3, 0.4) is 0 Å². The van der Waals surface area contributed by atoms with E-state index in [0.29, 0.717) is 12.1 Å². The van der Waals surface area contributed by atoms with Crippen molar-refractivity contribution in [3.8, 4) is 0 Å². The van der Waals surface area contributed by atoms with Gasteiger partial charge in [0, 0.05) is 22.6 Å². The molecule has 0 aliphatic heterocycles. The summed E-state index contributed by atoms with van der Waals surface area (Å²) in [5.74, 6) is 0. The number of carbonyl (C=O) groups is 1. The van der Waals surface area contributed by atoms with E-state index in [1.807, 2.05) is 32.9 Å². The van der Waals surface area contributed by atoms with Crippen molar-refractivity contribution in [1.82, 2.24) is 10.6 Å². The van der Waals surface area contributed by atoms with Crippen molar-refractivity contribution >= 4 is 22.0 Å². The van der Waals surface area contributed by atoms with E-state index in [4.69, 9.17) is 4.74 Å². The van der Waals surface area contributed by atoms with E-state index in [2.05, 4.69) is 45.6 Å². The first kappa shape index (κ1) is 17.3. The zero-order valence-electron chi connectivity index (χ0n) is 13.7. The third-order valence-corrected chi connectivity index (χ3v) is 4.06. The zero-order chi connectivity index (χ0) is 16.3. The Hall–Kier alpha value is -1.07. The van der Waals surface area contributed by atoms with Gasteiger partial charge in [-0.25, -0.2) is 4.79 Å². The van der Waals surface area contributed by atoms with Gasteiger partial charge >= 0.3 is 6.09 Å². The first-order valence-corrected chi connectivity index (χ1v) is 8.59. The lowest BCUT2D eigenvalue weighted by molar-refractivity contribution is 0.0522. The summed E-state index contributed by atoms with van der Waals surface area (Å²) in [6, 6.07) is 9.12. The summed E-state index contributed by atoms with van der Waals surface area (Å²) in [5, 5.41) is 6.53. The molecule has 0 saturated heterocycles. The van der Waals surface area contributed by atoms with Crippen LogP contribution in [-0.4, -0.2) is 23.8 Å². The topological polar surface area (TPSA) is 50.4 Å². The van der Waals surface area contributed by atoms with E-state index < -0.39 is 5.60 Å². The summed E-state index contributed by atoms with van der Waals surface area (Å²) in [7, 11) is 0. The van der Waals surface area contributed by atoms with Gasteiger partial charge in [-0.05, 0) is 51.3 Å². The number of hydrogen-bond acceptors (Lipinski definition) is 3. The molecule has 1 aromatic rings. The number of alkyl carbamates (subject to hydrolysis) is 1. The number of benzene rings is 1. The highest BCUT2D eigenvalue weighted by molar-refractivity contribution is 9.10. The van der Waals surface area contributed by atoms with Crippen molar-refractivity contribution in [2.75, 3.05) is 0 Å². The van der Waals surface area contributed by atoms with Gasteiger partial charge in [0.2, 0.25) is 0 Å². The van der Waals surface area contributed by atoms with E-state index in [0.717, 1.165) is 17.3 Å². The molecule has 122 valence electrons. The first-order chi connectivity index (χ1) is 10.3. The Morgan fingerprint density at radius 1 is 1.41 bits per heavy atom. The number of amides is 1. The molecule has 0 spiro atoms. The first-order valence-electron chi connectivity index (χ1n) is 7.79. The summed E-state index contributed by atoms with van der Waals surface area (Å²) in [4.78, 5) is 11.8. The number of ether oxygens (including phenoxy) is 1. The standard InChI is InChI=1S/C17H25BrN2O2/c1-5-13(11-7-6-8-12(18)9-11)19-14-10-15(14)20-16(21)22-17(2,3)4/h6-9,13-15,19H,5,10H2,1-4H3,(H,20,21). The molecule has 3 atom stereocenters. The third-order valence-electron chi connectivity index (χ3n) is 3.57. The third kappa shape index (κ3) is 5.29. The summed E-state index contributed by atoms with van der Waals surface area (Å²) < 4.78 is 6.37. The molecule has 1 aromatic carbocycles. The van der Waals surface area contributed by atoms with Crippen molar-refractivity contribution in [2.45, 2.75) is 64.3 Å². The largest absolute Gasteiger partial charge is 0.444 e. The van der Waals surface area contributed by atoms with E-state index in [1.165, 1.54) is 5.56 Å². The lowest BCUT2D eigenvalue weighted by atomic mass is 10.0. The van der Waals surface area contributed by atoms with E-state index in [-0.39, 0.29) is 12.1 Å². The quantitative estimate of drug-likeness (QED) is 0.820. The number of halogens is 1. The second kappa shape index (κ2) is 7.01. The molecule has 0 heterocycles. The van der Waals surface area contributed by atoms with Crippen molar-refractivity contribution in [2.24, 2.45) is 0 Å². The molecule has 0 radical (unpaired) electrons. The van der Waals surface area contributed by atoms with Crippen molar-refractivity contribution in [1.29, 1.82) is 0 Å². The maximum atomic E-state index is 11.8. The van der Waals surface area contributed by atoms with Crippen LogP contribution < -0.4 is 10.6 Å². The number of nitrogens with one attached hydrogen (secondary N) is 2. The van der Waals surface area contributed by atoms with Crippen molar-refractivity contribution in [3.05, 3.63) is 34.3 Å². The van der Waals surface area contributed by atoms with E-state index >= 15 is 0 Å². The Morgan fingerprint density at radius 2 is 2.14 bits per heavy atom. The lowest BCUT2D eigenvalue weighted by Crippen LogP contribution is -2.37. The van der Waals surface area contributed by atoms with Crippen LogP contribution in [0.2, 0.25) is 0 Å².